The maximum absolute atomic E-state index is 12.6. The molecule has 5 aliphatic rings. The Labute approximate surface area is 373 Å². The second-order valence-corrected chi connectivity index (χ2v) is 21.7. The third-order valence-corrected chi connectivity index (χ3v) is 17.3. The first-order valence-corrected chi connectivity index (χ1v) is 25.8. The van der Waals surface area contributed by atoms with E-state index in [-0.39, 0.29) is 24.1 Å². The van der Waals surface area contributed by atoms with Crippen molar-refractivity contribution >= 4 is 5.97 Å². The van der Waals surface area contributed by atoms with Crippen LogP contribution in [0.2, 0.25) is 0 Å². The van der Waals surface area contributed by atoms with Crippen LogP contribution < -0.4 is 0 Å². The molecule has 3 N–H and O–H groups in total. The van der Waals surface area contributed by atoms with Crippen molar-refractivity contribution in [2.24, 2.45) is 52.3 Å². The van der Waals surface area contributed by atoms with Crippen LogP contribution in [0.3, 0.4) is 0 Å². The van der Waals surface area contributed by atoms with Crippen molar-refractivity contribution in [2.75, 3.05) is 6.61 Å². The normalized spacial score (nSPS) is 36.1. The fourth-order valence-corrected chi connectivity index (χ4v) is 12.8. The summed E-state index contributed by atoms with van der Waals surface area (Å²) in [5.74, 6) is 5.14. The highest BCUT2D eigenvalue weighted by atomic mass is 16.7. The molecular formula is C54H92O7. The van der Waals surface area contributed by atoms with Gasteiger partial charge in [0.15, 0.2) is 6.29 Å². The monoisotopic (exact) mass is 853 g/mol. The van der Waals surface area contributed by atoms with Gasteiger partial charge in [0, 0.05) is 6.42 Å². The molecule has 0 aromatic carbocycles. The fraction of sp³-hybridized carbons (Fsp3) is 0.870. The third-order valence-electron chi connectivity index (χ3n) is 17.3. The van der Waals surface area contributed by atoms with E-state index in [0.29, 0.717) is 17.8 Å². The summed E-state index contributed by atoms with van der Waals surface area (Å²) in [6.45, 7) is 17.0. The Morgan fingerprint density at radius 2 is 1.49 bits per heavy atom. The fourth-order valence-electron chi connectivity index (χ4n) is 12.8. The average molecular weight is 853 g/mol. The lowest BCUT2D eigenvalue weighted by atomic mass is 9.47. The predicted octanol–water partition coefficient (Wildman–Crippen LogP) is 12.6. The molecule has 1 aliphatic heterocycles. The van der Waals surface area contributed by atoms with Gasteiger partial charge in [-0.2, -0.15) is 0 Å². The zero-order valence-electron chi connectivity index (χ0n) is 40.0. The SMILES string of the molecule is CCCCC/C=C\C/C=C\CCCCCCCCCC(=O)OCC1O[C@@H](O[C@H]2CC[C@@]3(C)C(=CC[C@H]4[C@@H]5CC[C@H]([C@H](C)CC[C@@H](C)C(C)C)[C@@]5(C)CC[C@@H]43)C2)C(O)C(O)[C@@H]1O. The predicted molar refractivity (Wildman–Crippen MR) is 249 cm³/mol. The number of fused-ring (bicyclic) bond motifs is 5. The Morgan fingerprint density at radius 1 is 0.803 bits per heavy atom. The molecule has 0 aromatic heterocycles. The highest BCUT2D eigenvalue weighted by Crippen LogP contribution is 2.67. The minimum atomic E-state index is -1.45. The first kappa shape index (κ1) is 50.5. The standard InChI is InChI=1S/C54H92O7/c1-8-9-10-11-12-13-14-15-16-17-18-19-20-21-22-23-24-25-48(55)59-37-47-49(56)50(57)51(58)52(61-47)60-42-32-34-53(6)41(36-42)28-29-43-45-31-30-44(54(45,7)35-33-46(43)53)40(5)27-26-39(4)38(2)3/h12-13,15-16,28,38-40,42-47,49-52,56-58H,8-11,14,17-27,29-37H2,1-7H3/b13-12-,16-15-/t39-,40-,42+,43+,44-,45+,46+,47?,49-,50?,51?,52-,53+,54-/m1/s1. The molecule has 0 aromatic rings. The Morgan fingerprint density at radius 3 is 2.20 bits per heavy atom. The van der Waals surface area contributed by atoms with Gasteiger partial charge in [-0.15, -0.1) is 0 Å². The Hall–Kier alpha value is -1.51. The van der Waals surface area contributed by atoms with Gasteiger partial charge in [0.2, 0.25) is 0 Å². The summed E-state index contributed by atoms with van der Waals surface area (Å²) in [5.41, 5.74) is 2.12. The summed E-state index contributed by atoms with van der Waals surface area (Å²) < 4.78 is 18.0. The van der Waals surface area contributed by atoms with Crippen molar-refractivity contribution in [3.8, 4) is 0 Å². The molecule has 61 heavy (non-hydrogen) atoms. The van der Waals surface area contributed by atoms with Crippen LogP contribution in [-0.2, 0) is 19.0 Å². The van der Waals surface area contributed by atoms with Gasteiger partial charge < -0.3 is 29.5 Å². The van der Waals surface area contributed by atoms with E-state index in [1.807, 2.05) is 0 Å². The van der Waals surface area contributed by atoms with Crippen molar-refractivity contribution in [3.63, 3.8) is 0 Å². The van der Waals surface area contributed by atoms with Gasteiger partial charge in [-0.25, -0.2) is 0 Å². The first-order valence-electron chi connectivity index (χ1n) is 25.8. The van der Waals surface area contributed by atoms with Gasteiger partial charge in [0.1, 0.15) is 31.0 Å². The number of carbonyl (C=O) groups is 1. The lowest BCUT2D eigenvalue weighted by Gasteiger charge is -2.58. The molecule has 7 nitrogen and oxygen atoms in total. The van der Waals surface area contributed by atoms with Crippen molar-refractivity contribution in [1.82, 2.24) is 0 Å². The Bertz CT molecular complexity index is 1390. The van der Waals surface area contributed by atoms with E-state index in [0.717, 1.165) is 93.3 Å². The van der Waals surface area contributed by atoms with Crippen molar-refractivity contribution in [3.05, 3.63) is 36.0 Å². The summed E-state index contributed by atoms with van der Waals surface area (Å²) in [6, 6.07) is 0. The number of rotatable bonds is 25. The topological polar surface area (TPSA) is 105 Å². The maximum atomic E-state index is 12.6. The van der Waals surface area contributed by atoms with Crippen LogP contribution in [0.25, 0.3) is 0 Å². The smallest absolute Gasteiger partial charge is 0.305 e. The zero-order valence-corrected chi connectivity index (χ0v) is 40.0. The van der Waals surface area contributed by atoms with Gasteiger partial charge in [-0.1, -0.05) is 142 Å². The summed E-state index contributed by atoms with van der Waals surface area (Å²) >= 11 is 0. The third kappa shape index (κ3) is 13.5. The number of esters is 1. The van der Waals surface area contributed by atoms with Gasteiger partial charge >= 0.3 is 5.97 Å². The molecule has 0 bridgehead atoms. The van der Waals surface area contributed by atoms with Crippen LogP contribution in [0.15, 0.2) is 36.0 Å². The zero-order chi connectivity index (χ0) is 44.0. The number of hydrogen-bond acceptors (Lipinski definition) is 7. The van der Waals surface area contributed by atoms with Gasteiger partial charge in [-0.05, 0) is 142 Å². The molecule has 0 amide bonds. The van der Waals surface area contributed by atoms with E-state index >= 15 is 0 Å². The van der Waals surface area contributed by atoms with Crippen LogP contribution in [0, 0.1) is 52.3 Å². The highest BCUT2D eigenvalue weighted by molar-refractivity contribution is 5.69. The minimum Gasteiger partial charge on any atom is -0.463 e. The van der Waals surface area contributed by atoms with Gasteiger partial charge in [-0.3, -0.25) is 4.79 Å². The Balaban J connectivity index is 0.994. The number of allylic oxidation sites excluding steroid dienone is 5. The van der Waals surface area contributed by atoms with Crippen LogP contribution in [0.4, 0.5) is 0 Å². The number of hydrogen-bond donors (Lipinski definition) is 3. The molecule has 14 atom stereocenters. The van der Waals surface area contributed by atoms with E-state index in [2.05, 4.69) is 78.8 Å². The van der Waals surface area contributed by atoms with E-state index in [4.69, 9.17) is 14.2 Å². The van der Waals surface area contributed by atoms with Gasteiger partial charge in [0.05, 0.1) is 6.10 Å². The van der Waals surface area contributed by atoms with E-state index < -0.39 is 30.7 Å². The van der Waals surface area contributed by atoms with E-state index in [1.54, 1.807) is 0 Å². The molecule has 350 valence electrons. The summed E-state index contributed by atoms with van der Waals surface area (Å²) in [7, 11) is 0. The van der Waals surface area contributed by atoms with E-state index in [1.165, 1.54) is 95.5 Å². The number of aliphatic hydroxyl groups excluding tert-OH is 3. The molecule has 3 saturated carbocycles. The quantitative estimate of drug-likeness (QED) is 0.0477. The highest BCUT2D eigenvalue weighted by Gasteiger charge is 2.59. The van der Waals surface area contributed by atoms with Crippen LogP contribution in [-0.4, -0.2) is 64.7 Å². The van der Waals surface area contributed by atoms with Crippen LogP contribution >= 0.6 is 0 Å². The molecule has 1 heterocycles. The van der Waals surface area contributed by atoms with E-state index in [9.17, 15) is 20.1 Å². The lowest BCUT2D eigenvalue weighted by molar-refractivity contribution is -0.313. The molecule has 3 unspecified atom stereocenters. The number of unbranched alkanes of at least 4 members (excludes halogenated alkanes) is 10. The van der Waals surface area contributed by atoms with Crippen molar-refractivity contribution in [2.45, 2.75) is 239 Å². The largest absolute Gasteiger partial charge is 0.463 e. The molecule has 4 aliphatic carbocycles. The molecule has 0 radical (unpaired) electrons. The molecule has 7 heteroatoms. The summed E-state index contributed by atoms with van der Waals surface area (Å²) in [5, 5.41) is 32.5. The van der Waals surface area contributed by atoms with Crippen LogP contribution in [0.1, 0.15) is 203 Å². The van der Waals surface area contributed by atoms with Crippen LogP contribution in [0.5, 0.6) is 0 Å². The number of ether oxygens (including phenoxy) is 3. The lowest BCUT2D eigenvalue weighted by Crippen LogP contribution is -2.60. The second kappa shape index (κ2) is 24.7. The molecule has 0 spiro atoms. The number of aliphatic hydroxyl groups is 3. The van der Waals surface area contributed by atoms with Crippen molar-refractivity contribution in [1.29, 1.82) is 0 Å². The van der Waals surface area contributed by atoms with Crippen molar-refractivity contribution < 1.29 is 34.3 Å². The Kier molecular flexibility index (Phi) is 20.4. The molecular weight excluding hydrogens is 761 g/mol. The summed E-state index contributed by atoms with van der Waals surface area (Å²) in [4.78, 5) is 12.6. The maximum Gasteiger partial charge on any atom is 0.305 e. The van der Waals surface area contributed by atoms with Gasteiger partial charge in [0.25, 0.3) is 0 Å². The molecule has 5 rings (SSSR count). The minimum absolute atomic E-state index is 0.144. The average Bonchev–Trinajstić information content (AvgIpc) is 3.60. The molecule has 1 saturated heterocycles. The first-order chi connectivity index (χ1) is 29.3. The summed E-state index contributed by atoms with van der Waals surface area (Å²) in [6.07, 6.45) is 32.7. The number of carbonyl (C=O) groups excluding carboxylic acids is 1. The second-order valence-electron chi connectivity index (χ2n) is 21.7. The molecule has 4 fully saturated rings.